The lowest BCUT2D eigenvalue weighted by molar-refractivity contribution is -0.134. The molecule has 9 heteroatoms. The van der Waals surface area contributed by atoms with Crippen LogP contribution in [0.1, 0.15) is 74.5 Å². The number of nitrogen functional groups attached to an aromatic ring is 1. The molecule has 3 fully saturated rings. The van der Waals surface area contributed by atoms with Crippen molar-refractivity contribution in [2.24, 2.45) is 5.92 Å². The second kappa shape index (κ2) is 12.8. The molecule has 3 heterocycles. The molecule has 2 aromatic rings. The predicted molar refractivity (Wildman–Crippen MR) is 156 cm³/mol. The first-order chi connectivity index (χ1) is 19.8. The van der Waals surface area contributed by atoms with E-state index in [2.05, 4.69) is 28.1 Å². The number of nitrogens with one attached hydrogen (secondary N) is 1. The number of benzene rings is 2. The molecule has 3 N–H and O–H groups in total. The van der Waals surface area contributed by atoms with Gasteiger partial charge in [0.15, 0.2) is 0 Å². The molecule has 222 valence electrons. The van der Waals surface area contributed by atoms with E-state index in [1.165, 1.54) is 23.4 Å². The summed E-state index contributed by atoms with van der Waals surface area (Å²) in [5.74, 6) is -2.11. The van der Waals surface area contributed by atoms with Crippen LogP contribution in [0, 0.1) is 17.6 Å². The number of ether oxygens (including phenoxy) is 1. The van der Waals surface area contributed by atoms with E-state index in [0.29, 0.717) is 29.6 Å². The van der Waals surface area contributed by atoms with E-state index in [-0.39, 0.29) is 18.4 Å². The van der Waals surface area contributed by atoms with Crippen molar-refractivity contribution in [2.75, 3.05) is 43.9 Å². The molecule has 3 saturated heterocycles. The molecular weight excluding hydrogens is 526 g/mol. The fraction of sp³-hybridized carbons (Fsp3) is 0.562. The molecule has 0 saturated carbocycles. The highest BCUT2D eigenvalue weighted by Crippen LogP contribution is 2.35. The third-order valence-electron chi connectivity index (χ3n) is 9.35. The fourth-order valence-corrected chi connectivity index (χ4v) is 6.92. The van der Waals surface area contributed by atoms with Gasteiger partial charge < -0.3 is 20.3 Å². The average Bonchev–Trinajstić information content (AvgIpc) is 2.97. The summed E-state index contributed by atoms with van der Waals surface area (Å²) in [5.41, 5.74) is 9.71. The Bertz CT molecular complexity index is 1250. The highest BCUT2D eigenvalue weighted by atomic mass is 19.1. The van der Waals surface area contributed by atoms with Crippen molar-refractivity contribution in [1.82, 2.24) is 10.2 Å². The predicted octanol–water partition coefficient (Wildman–Crippen LogP) is 4.95. The van der Waals surface area contributed by atoms with Gasteiger partial charge in [0.2, 0.25) is 11.8 Å². The molecule has 0 aromatic heterocycles. The number of likely N-dealkylation sites (tertiary alicyclic amines) is 1. The zero-order chi connectivity index (χ0) is 29.1. The van der Waals surface area contributed by atoms with Gasteiger partial charge in [-0.2, -0.15) is 0 Å². The number of carbonyl (C=O) groups excluding carboxylic acids is 2. The summed E-state index contributed by atoms with van der Waals surface area (Å²) >= 11 is 0. The normalized spacial score (nSPS) is 21.3. The number of amides is 2. The number of anilines is 2. The molecule has 41 heavy (non-hydrogen) atoms. The molecule has 2 amide bonds. The maximum absolute atomic E-state index is 14.9. The van der Waals surface area contributed by atoms with Crippen molar-refractivity contribution in [3.8, 4) is 5.75 Å². The van der Waals surface area contributed by atoms with Crippen molar-refractivity contribution in [2.45, 2.75) is 76.7 Å². The number of nitrogens with zero attached hydrogens (tertiary/aromatic N) is 2. The molecule has 0 spiro atoms. The van der Waals surface area contributed by atoms with Crippen molar-refractivity contribution < 1.29 is 23.1 Å². The lowest BCUT2D eigenvalue weighted by Crippen LogP contribution is -2.48. The Morgan fingerprint density at radius 2 is 1.66 bits per heavy atom. The highest BCUT2D eigenvalue weighted by molar-refractivity contribution is 6.01. The lowest BCUT2D eigenvalue weighted by Gasteiger charge is -2.43. The Balaban J connectivity index is 1.10. The second-order valence-electron chi connectivity index (χ2n) is 11.8. The molecule has 0 aliphatic carbocycles. The molecule has 0 bridgehead atoms. The van der Waals surface area contributed by atoms with Gasteiger partial charge in [0.25, 0.3) is 0 Å². The molecular formula is C32H42F2N4O3. The standard InChI is InChI=1S/C32H42F2N4O3/c1-3-22-18-27(35)29(41-2)19-28(22)38-14-10-23(11-15-38)37-12-8-20(9-13-37)4-5-21-16-25(33)31(26(34)17-21)24-6-7-30(39)36-32(24)40/h16-20,23-24H,3-15,35H2,1-2H3,(H,36,39,40). The molecule has 1 unspecified atom stereocenters. The van der Waals surface area contributed by atoms with Gasteiger partial charge in [-0.1, -0.05) is 6.92 Å². The molecule has 2 aromatic carbocycles. The molecule has 1 atom stereocenters. The van der Waals surface area contributed by atoms with Crippen LogP contribution in [0.4, 0.5) is 20.2 Å². The lowest BCUT2D eigenvalue weighted by atomic mass is 9.87. The summed E-state index contributed by atoms with van der Waals surface area (Å²) in [6, 6.07) is 7.44. The zero-order valence-corrected chi connectivity index (χ0v) is 24.2. The van der Waals surface area contributed by atoms with Crippen LogP contribution in [0.25, 0.3) is 0 Å². The van der Waals surface area contributed by atoms with E-state index >= 15 is 0 Å². The number of aryl methyl sites for hydroxylation is 2. The Morgan fingerprint density at radius 1 is 0.976 bits per heavy atom. The molecule has 3 aliphatic heterocycles. The van der Waals surface area contributed by atoms with Crippen LogP contribution in [-0.2, 0) is 22.4 Å². The first-order valence-electron chi connectivity index (χ1n) is 15.0. The second-order valence-corrected chi connectivity index (χ2v) is 11.8. The van der Waals surface area contributed by atoms with E-state index in [0.717, 1.165) is 70.5 Å². The summed E-state index contributed by atoms with van der Waals surface area (Å²) in [6.45, 7) is 6.29. The highest BCUT2D eigenvalue weighted by Gasteiger charge is 2.33. The quantitative estimate of drug-likeness (QED) is 0.346. The van der Waals surface area contributed by atoms with Crippen LogP contribution in [0.15, 0.2) is 24.3 Å². The van der Waals surface area contributed by atoms with Gasteiger partial charge in [0.05, 0.1) is 18.7 Å². The Kier molecular flexibility index (Phi) is 9.12. The summed E-state index contributed by atoms with van der Waals surface area (Å²) in [4.78, 5) is 28.6. The topological polar surface area (TPSA) is 87.9 Å². The van der Waals surface area contributed by atoms with Crippen LogP contribution < -0.4 is 20.7 Å². The van der Waals surface area contributed by atoms with Gasteiger partial charge in [-0.05, 0) is 99.7 Å². The number of halogens is 2. The average molecular weight is 569 g/mol. The molecule has 7 nitrogen and oxygen atoms in total. The Labute approximate surface area is 241 Å². The van der Waals surface area contributed by atoms with Gasteiger partial charge in [-0.15, -0.1) is 0 Å². The monoisotopic (exact) mass is 568 g/mol. The first kappa shape index (κ1) is 29.3. The summed E-state index contributed by atoms with van der Waals surface area (Å²) < 4.78 is 35.3. The molecule has 3 aliphatic rings. The Morgan fingerprint density at radius 3 is 2.27 bits per heavy atom. The van der Waals surface area contributed by atoms with Crippen LogP contribution in [0.2, 0.25) is 0 Å². The van der Waals surface area contributed by atoms with Gasteiger partial charge >= 0.3 is 0 Å². The first-order valence-corrected chi connectivity index (χ1v) is 15.0. The van der Waals surface area contributed by atoms with E-state index in [9.17, 15) is 18.4 Å². The fourth-order valence-electron chi connectivity index (χ4n) is 6.92. The Hall–Kier alpha value is -3.20. The van der Waals surface area contributed by atoms with Crippen molar-refractivity contribution in [3.63, 3.8) is 0 Å². The maximum Gasteiger partial charge on any atom is 0.234 e. The molecule has 5 rings (SSSR count). The largest absolute Gasteiger partial charge is 0.495 e. The van der Waals surface area contributed by atoms with E-state index < -0.39 is 29.4 Å². The minimum absolute atomic E-state index is 0.0897. The third-order valence-corrected chi connectivity index (χ3v) is 9.35. The van der Waals surface area contributed by atoms with Gasteiger partial charge in [-0.25, -0.2) is 8.78 Å². The minimum atomic E-state index is -0.957. The number of hydrogen-bond acceptors (Lipinski definition) is 6. The van der Waals surface area contributed by atoms with Crippen LogP contribution in [-0.4, -0.2) is 56.0 Å². The van der Waals surface area contributed by atoms with Crippen molar-refractivity contribution in [1.29, 1.82) is 0 Å². The van der Waals surface area contributed by atoms with Crippen LogP contribution in [0.5, 0.6) is 5.75 Å². The number of hydrogen-bond donors (Lipinski definition) is 2. The summed E-state index contributed by atoms with van der Waals surface area (Å²) in [6.07, 6.45) is 7.08. The van der Waals surface area contributed by atoms with Crippen molar-refractivity contribution in [3.05, 3.63) is 52.6 Å². The number of imide groups is 1. The zero-order valence-electron chi connectivity index (χ0n) is 24.2. The number of piperidine rings is 3. The van der Waals surface area contributed by atoms with Crippen LogP contribution in [0.3, 0.4) is 0 Å². The minimum Gasteiger partial charge on any atom is -0.495 e. The van der Waals surface area contributed by atoms with Gasteiger partial charge in [0.1, 0.15) is 17.4 Å². The number of nitrogens with two attached hydrogens (primary N) is 1. The third kappa shape index (κ3) is 6.50. The van der Waals surface area contributed by atoms with Crippen LogP contribution >= 0.6 is 0 Å². The number of carbonyl (C=O) groups is 2. The molecule has 0 radical (unpaired) electrons. The SMILES string of the molecule is CCc1cc(N)c(OC)cc1N1CCC(N2CCC(CCc3cc(F)c(C4CCC(=O)NC4=O)c(F)c3)CC2)CC1. The van der Waals surface area contributed by atoms with Gasteiger partial charge in [0, 0.05) is 42.9 Å². The summed E-state index contributed by atoms with van der Waals surface area (Å²) in [7, 11) is 1.66. The smallest absolute Gasteiger partial charge is 0.234 e. The van der Waals surface area contributed by atoms with Crippen molar-refractivity contribution >= 4 is 23.2 Å². The van der Waals surface area contributed by atoms with Gasteiger partial charge in [-0.3, -0.25) is 14.9 Å². The number of methoxy groups -OCH3 is 1. The van der Waals surface area contributed by atoms with E-state index in [1.54, 1.807) is 7.11 Å². The number of rotatable bonds is 8. The summed E-state index contributed by atoms with van der Waals surface area (Å²) in [5, 5.41) is 2.19. The van der Waals surface area contributed by atoms with E-state index in [1.807, 2.05) is 6.07 Å². The maximum atomic E-state index is 14.9. The van der Waals surface area contributed by atoms with E-state index in [4.69, 9.17) is 10.5 Å².